The highest BCUT2D eigenvalue weighted by Gasteiger charge is 2.23. The van der Waals surface area contributed by atoms with E-state index < -0.39 is 0 Å². The fourth-order valence-electron chi connectivity index (χ4n) is 3.69. The molecule has 2 heterocycles. The highest BCUT2D eigenvalue weighted by molar-refractivity contribution is 5.94. The number of nitrogens with zero attached hydrogens (tertiary/aromatic N) is 4. The Balaban J connectivity index is 1.64. The number of phenols is 1. The molecule has 0 aliphatic carbocycles. The van der Waals surface area contributed by atoms with Gasteiger partial charge in [-0.15, -0.1) is 0 Å². The molecule has 4 rings (SSSR count). The summed E-state index contributed by atoms with van der Waals surface area (Å²) in [5, 5.41) is 15.5. The van der Waals surface area contributed by atoms with E-state index in [1.165, 1.54) is 6.08 Å². The summed E-state index contributed by atoms with van der Waals surface area (Å²) in [6.07, 6.45) is 1.37. The van der Waals surface area contributed by atoms with Gasteiger partial charge in [-0.2, -0.15) is 5.10 Å². The van der Waals surface area contributed by atoms with Crippen molar-refractivity contribution in [2.24, 2.45) is 7.05 Å². The molecule has 6 heteroatoms. The van der Waals surface area contributed by atoms with Crippen molar-refractivity contribution in [1.82, 2.24) is 14.7 Å². The van der Waals surface area contributed by atoms with Crippen molar-refractivity contribution in [3.05, 3.63) is 55.1 Å². The van der Waals surface area contributed by atoms with Crippen LogP contribution in [0.2, 0.25) is 0 Å². The average molecular weight is 362 g/mol. The summed E-state index contributed by atoms with van der Waals surface area (Å²) in [5.74, 6) is 1.31. The Bertz CT molecular complexity index is 1020. The van der Waals surface area contributed by atoms with Gasteiger partial charge in [0.2, 0.25) is 5.91 Å². The number of piperazine rings is 1. The molecular formula is C21H22N4O2. The summed E-state index contributed by atoms with van der Waals surface area (Å²) >= 11 is 0. The van der Waals surface area contributed by atoms with E-state index in [0.29, 0.717) is 13.1 Å². The van der Waals surface area contributed by atoms with Crippen LogP contribution in [-0.2, 0) is 11.8 Å². The van der Waals surface area contributed by atoms with Crippen LogP contribution in [0, 0.1) is 0 Å². The molecule has 1 aromatic heterocycles. The number of carbonyl (C=O) groups is 1. The minimum absolute atomic E-state index is 0.0136. The van der Waals surface area contributed by atoms with Gasteiger partial charge in [0.1, 0.15) is 11.6 Å². The number of aromatic nitrogens is 2. The van der Waals surface area contributed by atoms with Crippen LogP contribution in [0.5, 0.6) is 5.75 Å². The Hall–Kier alpha value is -3.28. The number of fused-ring (bicyclic) bond motifs is 1. The molecule has 1 amide bonds. The summed E-state index contributed by atoms with van der Waals surface area (Å²) in [6, 6.07) is 13.4. The fraction of sp³-hybridized carbons (Fsp3) is 0.238. The lowest BCUT2D eigenvalue weighted by Gasteiger charge is -2.35. The summed E-state index contributed by atoms with van der Waals surface area (Å²) < 4.78 is 1.90. The van der Waals surface area contributed by atoms with E-state index in [1.807, 2.05) is 34.8 Å². The maximum absolute atomic E-state index is 11.8. The largest absolute Gasteiger partial charge is 0.508 e. The Kier molecular flexibility index (Phi) is 4.32. The van der Waals surface area contributed by atoms with Gasteiger partial charge in [0, 0.05) is 38.6 Å². The third kappa shape index (κ3) is 3.14. The maximum Gasteiger partial charge on any atom is 0.246 e. The van der Waals surface area contributed by atoms with E-state index >= 15 is 0 Å². The zero-order chi connectivity index (χ0) is 19.0. The molecular weight excluding hydrogens is 340 g/mol. The highest BCUT2D eigenvalue weighted by Crippen LogP contribution is 2.31. The molecule has 0 atom stereocenters. The number of carbonyl (C=O) groups excluding carboxylic acids is 1. The second-order valence-corrected chi connectivity index (χ2v) is 6.75. The van der Waals surface area contributed by atoms with Gasteiger partial charge in [0.15, 0.2) is 0 Å². The van der Waals surface area contributed by atoms with Crippen LogP contribution in [0.25, 0.3) is 22.0 Å². The molecule has 0 radical (unpaired) electrons. The van der Waals surface area contributed by atoms with Crippen molar-refractivity contribution >= 4 is 22.6 Å². The Morgan fingerprint density at radius 2 is 1.85 bits per heavy atom. The van der Waals surface area contributed by atoms with Crippen molar-refractivity contribution in [1.29, 1.82) is 0 Å². The van der Waals surface area contributed by atoms with Crippen molar-refractivity contribution < 1.29 is 9.90 Å². The maximum atomic E-state index is 11.8. The lowest BCUT2D eigenvalue weighted by atomic mass is 10.0. The van der Waals surface area contributed by atoms with Gasteiger partial charge in [0.05, 0.1) is 5.52 Å². The molecule has 0 spiro atoms. The average Bonchev–Trinajstić information content (AvgIpc) is 3.02. The molecule has 6 nitrogen and oxygen atoms in total. The van der Waals surface area contributed by atoms with E-state index in [4.69, 9.17) is 0 Å². The number of anilines is 1. The van der Waals surface area contributed by atoms with Crippen LogP contribution in [0.1, 0.15) is 0 Å². The molecule has 27 heavy (non-hydrogen) atoms. The minimum Gasteiger partial charge on any atom is -0.508 e. The topological polar surface area (TPSA) is 61.6 Å². The molecule has 1 aliphatic heterocycles. The lowest BCUT2D eigenvalue weighted by molar-refractivity contribution is -0.126. The summed E-state index contributed by atoms with van der Waals surface area (Å²) in [6.45, 7) is 6.46. The molecule has 138 valence electrons. The van der Waals surface area contributed by atoms with Crippen LogP contribution in [0.3, 0.4) is 0 Å². The molecule has 0 unspecified atom stereocenters. The highest BCUT2D eigenvalue weighted by atomic mass is 16.3. The van der Waals surface area contributed by atoms with Gasteiger partial charge in [-0.05, 0) is 41.5 Å². The zero-order valence-electron chi connectivity index (χ0n) is 15.3. The SMILES string of the molecule is C=CC(=O)N1CCN(c2c3ccc(-c4cccc(O)c4)cc3nn2C)CC1. The van der Waals surface area contributed by atoms with Gasteiger partial charge < -0.3 is 14.9 Å². The number of amides is 1. The second-order valence-electron chi connectivity index (χ2n) is 6.75. The zero-order valence-corrected chi connectivity index (χ0v) is 15.3. The van der Waals surface area contributed by atoms with Crippen LogP contribution in [-0.4, -0.2) is 51.9 Å². The monoisotopic (exact) mass is 362 g/mol. The number of hydrogen-bond donors (Lipinski definition) is 1. The van der Waals surface area contributed by atoms with Gasteiger partial charge in [-0.1, -0.05) is 24.8 Å². The molecule has 1 saturated heterocycles. The number of aromatic hydroxyl groups is 1. The smallest absolute Gasteiger partial charge is 0.246 e. The number of rotatable bonds is 3. The summed E-state index contributed by atoms with van der Waals surface area (Å²) in [5.41, 5.74) is 2.89. The summed E-state index contributed by atoms with van der Waals surface area (Å²) in [4.78, 5) is 15.9. The molecule has 1 fully saturated rings. The molecule has 0 saturated carbocycles. The van der Waals surface area contributed by atoms with Crippen LogP contribution < -0.4 is 4.90 Å². The predicted molar refractivity (Wildman–Crippen MR) is 107 cm³/mol. The normalized spacial score (nSPS) is 14.6. The van der Waals surface area contributed by atoms with Crippen LogP contribution in [0.4, 0.5) is 5.82 Å². The van der Waals surface area contributed by atoms with E-state index in [1.54, 1.807) is 12.1 Å². The minimum atomic E-state index is -0.0136. The first-order chi connectivity index (χ1) is 13.1. The molecule has 3 aromatic rings. The first-order valence-electron chi connectivity index (χ1n) is 8.99. The van der Waals surface area contributed by atoms with Crippen LogP contribution in [0.15, 0.2) is 55.1 Å². The standard InChI is InChI=1S/C21H22N4O2/c1-3-20(27)24-9-11-25(12-10-24)21-18-8-7-16(14-19(18)22-23(21)2)15-5-4-6-17(26)13-15/h3-8,13-14,26H,1,9-12H2,2H3. The predicted octanol–water partition coefficient (Wildman–Crippen LogP) is 2.78. The Morgan fingerprint density at radius 3 is 2.56 bits per heavy atom. The van der Waals surface area contributed by atoms with Gasteiger partial charge >= 0.3 is 0 Å². The molecule has 2 aromatic carbocycles. The van der Waals surface area contributed by atoms with Gasteiger partial charge in [-0.3, -0.25) is 9.48 Å². The number of benzene rings is 2. The van der Waals surface area contributed by atoms with Crippen molar-refractivity contribution in [2.75, 3.05) is 31.1 Å². The van der Waals surface area contributed by atoms with Gasteiger partial charge in [0.25, 0.3) is 0 Å². The van der Waals surface area contributed by atoms with Crippen molar-refractivity contribution in [3.8, 4) is 16.9 Å². The molecule has 0 bridgehead atoms. The summed E-state index contributed by atoms with van der Waals surface area (Å²) in [7, 11) is 1.95. The van der Waals surface area contributed by atoms with Crippen LogP contribution >= 0.6 is 0 Å². The van der Waals surface area contributed by atoms with Crippen molar-refractivity contribution in [2.45, 2.75) is 0 Å². The van der Waals surface area contributed by atoms with E-state index in [0.717, 1.165) is 40.9 Å². The number of aryl methyl sites for hydroxylation is 1. The quantitative estimate of drug-likeness (QED) is 0.728. The molecule has 1 aliphatic rings. The van der Waals surface area contributed by atoms with E-state index in [9.17, 15) is 9.90 Å². The van der Waals surface area contributed by atoms with E-state index in [-0.39, 0.29) is 11.7 Å². The third-order valence-electron chi connectivity index (χ3n) is 5.05. The first-order valence-corrected chi connectivity index (χ1v) is 8.99. The second kappa shape index (κ2) is 6.79. The number of hydrogen-bond acceptors (Lipinski definition) is 4. The van der Waals surface area contributed by atoms with E-state index in [2.05, 4.69) is 28.7 Å². The number of phenolic OH excluding ortho intramolecular Hbond substituents is 1. The molecule has 1 N–H and O–H groups in total. The third-order valence-corrected chi connectivity index (χ3v) is 5.05. The lowest BCUT2D eigenvalue weighted by Crippen LogP contribution is -2.48. The Labute approximate surface area is 157 Å². The first kappa shape index (κ1) is 17.1. The van der Waals surface area contributed by atoms with Crippen molar-refractivity contribution in [3.63, 3.8) is 0 Å². The Morgan fingerprint density at radius 1 is 1.11 bits per heavy atom. The van der Waals surface area contributed by atoms with Gasteiger partial charge in [-0.25, -0.2) is 0 Å². The fourth-order valence-corrected chi connectivity index (χ4v) is 3.69.